The highest BCUT2D eigenvalue weighted by atomic mass is 16.3. The molecule has 1 aromatic heterocycles. The van der Waals surface area contributed by atoms with Gasteiger partial charge in [-0.1, -0.05) is 13.8 Å². The van der Waals surface area contributed by atoms with E-state index in [1.807, 2.05) is 0 Å². The van der Waals surface area contributed by atoms with E-state index in [1.165, 1.54) is 18.5 Å². The van der Waals surface area contributed by atoms with Crippen molar-refractivity contribution >= 4 is 5.91 Å². The molecule has 16 heavy (non-hydrogen) atoms. The average Bonchev–Trinajstić information content (AvgIpc) is 2.24. The number of aromatic hydroxyl groups is 1. The van der Waals surface area contributed by atoms with Crippen LogP contribution in [-0.2, 0) is 0 Å². The highest BCUT2D eigenvalue weighted by Gasteiger charge is 2.12. The van der Waals surface area contributed by atoms with Crippen LogP contribution in [0.5, 0.6) is 5.75 Å². The molecule has 0 unspecified atom stereocenters. The number of carbonyl (C=O) groups excluding carboxylic acids is 1. The third-order valence-electron chi connectivity index (χ3n) is 2.36. The van der Waals surface area contributed by atoms with Crippen molar-refractivity contribution in [2.75, 3.05) is 13.6 Å². The summed E-state index contributed by atoms with van der Waals surface area (Å²) in [5.74, 6) is 0.477. The molecule has 0 saturated carbocycles. The van der Waals surface area contributed by atoms with E-state index in [9.17, 15) is 9.90 Å². The normalized spacial score (nSPS) is 10.5. The Hall–Kier alpha value is -1.58. The summed E-state index contributed by atoms with van der Waals surface area (Å²) >= 11 is 0. The fourth-order valence-electron chi connectivity index (χ4n) is 1.32. The lowest BCUT2D eigenvalue weighted by Gasteiger charge is -2.18. The van der Waals surface area contributed by atoms with Gasteiger partial charge in [-0.05, 0) is 18.4 Å². The van der Waals surface area contributed by atoms with Crippen molar-refractivity contribution in [2.24, 2.45) is 5.92 Å². The first-order chi connectivity index (χ1) is 7.50. The monoisotopic (exact) mass is 222 g/mol. The van der Waals surface area contributed by atoms with E-state index in [0.717, 1.165) is 6.42 Å². The van der Waals surface area contributed by atoms with Gasteiger partial charge in [-0.15, -0.1) is 0 Å². The first-order valence-electron chi connectivity index (χ1n) is 5.40. The van der Waals surface area contributed by atoms with Crippen LogP contribution in [0.4, 0.5) is 0 Å². The Kier molecular flexibility index (Phi) is 4.28. The number of rotatable bonds is 4. The van der Waals surface area contributed by atoms with Crippen LogP contribution in [0.2, 0.25) is 0 Å². The van der Waals surface area contributed by atoms with Gasteiger partial charge < -0.3 is 10.0 Å². The molecular formula is C12H18N2O2. The van der Waals surface area contributed by atoms with Gasteiger partial charge in [0.2, 0.25) is 0 Å². The minimum atomic E-state index is -0.107. The zero-order valence-electron chi connectivity index (χ0n) is 9.97. The summed E-state index contributed by atoms with van der Waals surface area (Å²) in [6.07, 6.45) is 3.74. The van der Waals surface area contributed by atoms with Crippen LogP contribution < -0.4 is 0 Å². The lowest BCUT2D eigenvalue weighted by Crippen LogP contribution is -2.28. The van der Waals surface area contributed by atoms with Crippen molar-refractivity contribution in [1.82, 2.24) is 9.88 Å². The van der Waals surface area contributed by atoms with Crippen molar-refractivity contribution in [3.05, 3.63) is 24.0 Å². The molecule has 0 aliphatic carbocycles. The molecule has 4 nitrogen and oxygen atoms in total. The highest BCUT2D eigenvalue weighted by molar-refractivity contribution is 5.94. The first-order valence-corrected chi connectivity index (χ1v) is 5.40. The van der Waals surface area contributed by atoms with E-state index in [2.05, 4.69) is 18.8 Å². The van der Waals surface area contributed by atoms with Gasteiger partial charge in [0, 0.05) is 19.8 Å². The van der Waals surface area contributed by atoms with E-state index in [4.69, 9.17) is 0 Å². The van der Waals surface area contributed by atoms with Crippen molar-refractivity contribution in [3.8, 4) is 5.75 Å². The Morgan fingerprint density at radius 2 is 2.19 bits per heavy atom. The molecule has 1 amide bonds. The van der Waals surface area contributed by atoms with Crippen LogP contribution in [0.3, 0.4) is 0 Å². The summed E-state index contributed by atoms with van der Waals surface area (Å²) in [4.78, 5) is 17.3. The van der Waals surface area contributed by atoms with Crippen molar-refractivity contribution in [2.45, 2.75) is 20.3 Å². The molecule has 0 atom stereocenters. The second kappa shape index (κ2) is 5.49. The third kappa shape index (κ3) is 3.53. The molecular weight excluding hydrogens is 204 g/mol. The van der Waals surface area contributed by atoms with Gasteiger partial charge in [-0.2, -0.15) is 0 Å². The van der Waals surface area contributed by atoms with Crippen LogP contribution in [0.25, 0.3) is 0 Å². The molecule has 0 spiro atoms. The lowest BCUT2D eigenvalue weighted by atomic mass is 10.1. The maximum atomic E-state index is 11.9. The van der Waals surface area contributed by atoms with Gasteiger partial charge in [-0.3, -0.25) is 9.78 Å². The lowest BCUT2D eigenvalue weighted by molar-refractivity contribution is 0.0788. The smallest absolute Gasteiger partial charge is 0.255 e. The van der Waals surface area contributed by atoms with Crippen molar-refractivity contribution in [1.29, 1.82) is 0 Å². The molecule has 1 aromatic rings. The third-order valence-corrected chi connectivity index (χ3v) is 2.36. The highest BCUT2D eigenvalue weighted by Crippen LogP contribution is 2.11. The standard InChI is InChI=1S/C12H18N2O2/c1-9(2)4-5-14(3)12(16)10-6-11(15)8-13-7-10/h6-9,15H,4-5H2,1-3H3. The summed E-state index contributed by atoms with van der Waals surface area (Å²) in [6.45, 7) is 4.95. The van der Waals surface area contributed by atoms with E-state index in [-0.39, 0.29) is 11.7 Å². The summed E-state index contributed by atoms with van der Waals surface area (Å²) in [5.41, 5.74) is 0.422. The quantitative estimate of drug-likeness (QED) is 0.846. The predicted octanol–water partition coefficient (Wildman–Crippen LogP) is 1.91. The SMILES string of the molecule is CC(C)CCN(C)C(=O)c1cncc(O)c1. The van der Waals surface area contributed by atoms with Gasteiger partial charge in [0.1, 0.15) is 5.75 Å². The molecule has 0 bridgehead atoms. The molecule has 0 radical (unpaired) electrons. The zero-order valence-corrected chi connectivity index (χ0v) is 9.97. The Balaban J connectivity index is 2.63. The molecule has 0 fully saturated rings. The van der Waals surface area contributed by atoms with Gasteiger partial charge in [0.05, 0.1) is 11.8 Å². The van der Waals surface area contributed by atoms with Gasteiger partial charge in [-0.25, -0.2) is 0 Å². The van der Waals surface area contributed by atoms with Gasteiger partial charge in [0.15, 0.2) is 0 Å². The largest absolute Gasteiger partial charge is 0.506 e. The van der Waals surface area contributed by atoms with Crippen molar-refractivity contribution < 1.29 is 9.90 Å². The number of hydrogen-bond donors (Lipinski definition) is 1. The first kappa shape index (κ1) is 12.5. The van der Waals surface area contributed by atoms with Crippen LogP contribution in [0.15, 0.2) is 18.5 Å². The van der Waals surface area contributed by atoms with Gasteiger partial charge in [0.25, 0.3) is 5.91 Å². The molecule has 4 heteroatoms. The van der Waals surface area contributed by atoms with Gasteiger partial charge >= 0.3 is 0 Å². The second-order valence-electron chi connectivity index (χ2n) is 4.34. The Labute approximate surface area is 95.9 Å². The second-order valence-corrected chi connectivity index (χ2v) is 4.34. The topological polar surface area (TPSA) is 53.4 Å². The molecule has 1 heterocycles. The van der Waals surface area contributed by atoms with E-state index in [1.54, 1.807) is 11.9 Å². The Bertz CT molecular complexity index is 364. The number of carbonyl (C=O) groups is 1. The maximum Gasteiger partial charge on any atom is 0.255 e. The number of hydrogen-bond acceptors (Lipinski definition) is 3. The molecule has 0 aliphatic rings. The molecule has 0 aromatic carbocycles. The summed E-state index contributed by atoms with van der Waals surface area (Å²) < 4.78 is 0. The summed E-state index contributed by atoms with van der Waals surface area (Å²) in [6, 6.07) is 1.43. The number of pyridine rings is 1. The summed E-state index contributed by atoms with van der Waals surface area (Å²) in [5, 5.41) is 9.23. The fourth-order valence-corrected chi connectivity index (χ4v) is 1.32. The average molecular weight is 222 g/mol. The van der Waals surface area contributed by atoms with Crippen LogP contribution in [-0.4, -0.2) is 34.5 Å². The Morgan fingerprint density at radius 1 is 1.50 bits per heavy atom. The molecule has 0 aliphatic heterocycles. The maximum absolute atomic E-state index is 11.9. The number of nitrogens with zero attached hydrogens (tertiary/aromatic N) is 2. The Morgan fingerprint density at radius 3 is 2.75 bits per heavy atom. The summed E-state index contributed by atoms with van der Waals surface area (Å²) in [7, 11) is 1.76. The van der Waals surface area contributed by atoms with E-state index < -0.39 is 0 Å². The zero-order chi connectivity index (χ0) is 12.1. The van der Waals surface area contributed by atoms with Crippen LogP contribution >= 0.6 is 0 Å². The molecule has 0 saturated heterocycles. The van der Waals surface area contributed by atoms with Crippen LogP contribution in [0, 0.1) is 5.92 Å². The van der Waals surface area contributed by atoms with Crippen LogP contribution in [0.1, 0.15) is 30.6 Å². The number of amides is 1. The fraction of sp³-hybridized carbons (Fsp3) is 0.500. The van der Waals surface area contributed by atoms with Crippen molar-refractivity contribution in [3.63, 3.8) is 0 Å². The van der Waals surface area contributed by atoms with E-state index in [0.29, 0.717) is 18.0 Å². The molecule has 1 rings (SSSR count). The van der Waals surface area contributed by atoms with E-state index >= 15 is 0 Å². The minimum absolute atomic E-state index is 0.0168. The predicted molar refractivity (Wildman–Crippen MR) is 62.3 cm³/mol. The molecule has 1 N–H and O–H groups in total. The number of aromatic nitrogens is 1. The minimum Gasteiger partial charge on any atom is -0.506 e. The molecule has 88 valence electrons.